The number of hydrogen-bond acceptors (Lipinski definition) is 8. The number of rotatable bonds is 10. The molecule has 12 heteroatoms. The van der Waals surface area contributed by atoms with E-state index in [0.29, 0.717) is 22.5 Å². The molecule has 5 aromatic carbocycles. The maximum Gasteiger partial charge on any atom is 0.269 e. The molecule has 5 rings (SSSR count). The normalized spacial score (nSPS) is 10.5. The molecule has 218 valence electrons. The maximum atomic E-state index is 12.9. The predicted molar refractivity (Wildman–Crippen MR) is 170 cm³/mol. The van der Waals surface area contributed by atoms with Gasteiger partial charge < -0.3 is 10.6 Å². The summed E-state index contributed by atoms with van der Waals surface area (Å²) in [5.74, 6) is -0.744. The summed E-state index contributed by atoms with van der Waals surface area (Å²) in [7, 11) is 0. The molecule has 0 spiro atoms. The van der Waals surface area contributed by atoms with Gasteiger partial charge >= 0.3 is 0 Å². The number of nitrogens with zero attached hydrogens (tertiary/aromatic N) is 2. The fourth-order valence-corrected chi connectivity index (χ4v) is 5.60. The van der Waals surface area contributed by atoms with Crippen LogP contribution in [0.3, 0.4) is 0 Å². The van der Waals surface area contributed by atoms with Gasteiger partial charge in [0.25, 0.3) is 23.2 Å². The van der Waals surface area contributed by atoms with E-state index in [1.54, 1.807) is 66.7 Å². The first kappa shape index (κ1) is 30.0. The second-order valence-corrected chi connectivity index (χ2v) is 11.5. The summed E-state index contributed by atoms with van der Waals surface area (Å²) in [6.45, 7) is 0. The van der Waals surface area contributed by atoms with E-state index in [4.69, 9.17) is 0 Å². The number of hydrogen-bond donors (Lipinski definition) is 2. The van der Waals surface area contributed by atoms with Crippen molar-refractivity contribution < 1.29 is 19.4 Å². The summed E-state index contributed by atoms with van der Waals surface area (Å²) in [5.41, 5.74) is 1.84. The van der Waals surface area contributed by atoms with Crippen molar-refractivity contribution in [3.05, 3.63) is 153 Å². The topological polar surface area (TPSA) is 144 Å². The summed E-state index contributed by atoms with van der Waals surface area (Å²) < 4.78 is 0. The quantitative estimate of drug-likeness (QED) is 0.117. The molecule has 5 aromatic rings. The monoisotopic (exact) mass is 622 g/mol. The van der Waals surface area contributed by atoms with E-state index >= 15 is 0 Å². The SMILES string of the molecule is O=C(Nc1ccc(Sc2ccc([N+](=O)[O-])cc2)cc1)c1cccc(C(=O)Nc2ccc(Sc3ccc([N+](=O)[O-])cc3)cc2)c1. The number of nitro benzene ring substituents is 2. The first-order valence-corrected chi connectivity index (χ1v) is 14.6. The summed E-state index contributed by atoms with van der Waals surface area (Å²) in [4.78, 5) is 50.1. The summed E-state index contributed by atoms with van der Waals surface area (Å²) >= 11 is 2.88. The zero-order valence-corrected chi connectivity index (χ0v) is 24.3. The van der Waals surface area contributed by atoms with Crippen molar-refractivity contribution in [1.29, 1.82) is 0 Å². The standard InChI is InChI=1S/C32H22N4O6S2/c37-31(33-23-4-12-27(13-5-23)43-29-16-8-25(9-17-29)35(39)40)21-2-1-3-22(20-21)32(38)34-24-6-14-28(15-7-24)44-30-18-10-26(11-19-30)36(41)42/h1-20H,(H,33,37)(H,34,38). The second-order valence-electron chi connectivity index (χ2n) is 9.24. The van der Waals surface area contributed by atoms with Crippen LogP contribution in [0.2, 0.25) is 0 Å². The first-order valence-electron chi connectivity index (χ1n) is 13.0. The van der Waals surface area contributed by atoms with Gasteiger partial charge in [-0.1, -0.05) is 29.6 Å². The molecule has 2 N–H and O–H groups in total. The number of nitro groups is 2. The highest BCUT2D eigenvalue weighted by molar-refractivity contribution is 7.99. The van der Waals surface area contributed by atoms with Crippen molar-refractivity contribution in [3.8, 4) is 0 Å². The Morgan fingerprint density at radius 3 is 1.14 bits per heavy atom. The smallest absolute Gasteiger partial charge is 0.269 e. The highest BCUT2D eigenvalue weighted by Gasteiger charge is 2.12. The molecule has 0 fully saturated rings. The van der Waals surface area contributed by atoms with Gasteiger partial charge in [0, 0.05) is 66.3 Å². The summed E-state index contributed by atoms with van der Waals surface area (Å²) in [6, 6.07) is 33.3. The van der Waals surface area contributed by atoms with E-state index < -0.39 is 9.85 Å². The number of nitrogens with one attached hydrogen (secondary N) is 2. The van der Waals surface area contributed by atoms with Gasteiger partial charge in [0.05, 0.1) is 9.85 Å². The summed E-state index contributed by atoms with van der Waals surface area (Å²) in [5, 5.41) is 27.3. The van der Waals surface area contributed by atoms with E-state index in [1.165, 1.54) is 53.9 Å². The Bertz CT molecular complexity index is 1700. The minimum Gasteiger partial charge on any atom is -0.322 e. The van der Waals surface area contributed by atoms with Crippen molar-refractivity contribution >= 4 is 58.1 Å². The largest absolute Gasteiger partial charge is 0.322 e. The van der Waals surface area contributed by atoms with Crippen LogP contribution in [0.4, 0.5) is 22.7 Å². The van der Waals surface area contributed by atoms with Gasteiger partial charge in [-0.15, -0.1) is 0 Å². The van der Waals surface area contributed by atoms with Crippen LogP contribution >= 0.6 is 23.5 Å². The molecule has 0 aliphatic carbocycles. The van der Waals surface area contributed by atoms with Crippen molar-refractivity contribution in [1.82, 2.24) is 0 Å². The van der Waals surface area contributed by atoms with Crippen molar-refractivity contribution in [2.24, 2.45) is 0 Å². The Morgan fingerprint density at radius 1 is 0.500 bits per heavy atom. The number of benzene rings is 5. The van der Waals surface area contributed by atoms with Gasteiger partial charge in [0.1, 0.15) is 0 Å². The number of carbonyl (C=O) groups is 2. The van der Waals surface area contributed by atoms with Gasteiger partial charge in [0.15, 0.2) is 0 Å². The Labute approximate surface area is 259 Å². The Kier molecular flexibility index (Phi) is 9.33. The van der Waals surface area contributed by atoms with E-state index in [9.17, 15) is 29.8 Å². The molecule has 0 atom stereocenters. The lowest BCUT2D eigenvalue weighted by atomic mass is 10.1. The van der Waals surface area contributed by atoms with E-state index in [0.717, 1.165) is 19.6 Å². The molecular formula is C32H22N4O6S2. The van der Waals surface area contributed by atoms with Crippen molar-refractivity contribution in [3.63, 3.8) is 0 Å². The van der Waals surface area contributed by atoms with Gasteiger partial charge in [-0.05, 0) is 91.0 Å². The van der Waals surface area contributed by atoms with Crippen LogP contribution in [0.15, 0.2) is 141 Å². The van der Waals surface area contributed by atoms with Gasteiger partial charge in [-0.3, -0.25) is 29.8 Å². The predicted octanol–water partition coefficient (Wildman–Crippen LogP) is 8.31. The molecule has 0 aromatic heterocycles. The zero-order valence-electron chi connectivity index (χ0n) is 22.7. The lowest BCUT2D eigenvalue weighted by molar-refractivity contribution is -0.385. The average molecular weight is 623 g/mol. The maximum absolute atomic E-state index is 12.9. The fourth-order valence-electron chi connectivity index (χ4n) is 3.96. The molecule has 10 nitrogen and oxygen atoms in total. The Balaban J connectivity index is 1.16. The van der Waals surface area contributed by atoms with Crippen LogP contribution in [0.5, 0.6) is 0 Å². The van der Waals surface area contributed by atoms with Crippen molar-refractivity contribution in [2.45, 2.75) is 19.6 Å². The van der Waals surface area contributed by atoms with E-state index in [-0.39, 0.29) is 23.2 Å². The lowest BCUT2D eigenvalue weighted by Crippen LogP contribution is -2.15. The number of non-ortho nitro benzene ring substituents is 2. The minimum atomic E-state index is -0.444. The molecular weight excluding hydrogens is 601 g/mol. The number of amides is 2. The summed E-state index contributed by atoms with van der Waals surface area (Å²) in [6.07, 6.45) is 0. The highest BCUT2D eigenvalue weighted by Crippen LogP contribution is 2.31. The molecule has 0 heterocycles. The van der Waals surface area contributed by atoms with Gasteiger partial charge in [-0.2, -0.15) is 0 Å². The van der Waals surface area contributed by atoms with E-state index in [2.05, 4.69) is 10.6 Å². The molecule has 0 aliphatic rings. The highest BCUT2D eigenvalue weighted by atomic mass is 32.2. The van der Waals surface area contributed by atoms with Crippen LogP contribution in [0.1, 0.15) is 20.7 Å². The van der Waals surface area contributed by atoms with Crippen LogP contribution in [0, 0.1) is 20.2 Å². The average Bonchev–Trinajstić information content (AvgIpc) is 3.03. The zero-order chi connectivity index (χ0) is 31.1. The van der Waals surface area contributed by atoms with Gasteiger partial charge in [-0.25, -0.2) is 0 Å². The van der Waals surface area contributed by atoms with Crippen LogP contribution in [0.25, 0.3) is 0 Å². The van der Waals surface area contributed by atoms with Crippen molar-refractivity contribution in [2.75, 3.05) is 10.6 Å². The molecule has 0 bridgehead atoms. The Morgan fingerprint density at radius 2 is 0.818 bits per heavy atom. The number of anilines is 2. The minimum absolute atomic E-state index is 0.0283. The fraction of sp³-hybridized carbons (Fsp3) is 0. The molecule has 2 amide bonds. The molecule has 0 saturated heterocycles. The third kappa shape index (κ3) is 7.88. The van der Waals surface area contributed by atoms with E-state index in [1.807, 2.05) is 24.3 Å². The molecule has 0 unspecified atom stereocenters. The van der Waals surface area contributed by atoms with Crippen LogP contribution in [-0.4, -0.2) is 21.7 Å². The molecule has 44 heavy (non-hydrogen) atoms. The van der Waals surface area contributed by atoms with Crippen LogP contribution in [-0.2, 0) is 0 Å². The third-order valence-electron chi connectivity index (χ3n) is 6.18. The molecule has 0 saturated carbocycles. The number of carbonyl (C=O) groups excluding carboxylic acids is 2. The lowest BCUT2D eigenvalue weighted by Gasteiger charge is -2.09. The molecule has 0 aliphatic heterocycles. The van der Waals surface area contributed by atoms with Crippen LogP contribution < -0.4 is 10.6 Å². The Hall–Kier alpha value is -5.46. The molecule has 0 radical (unpaired) electrons. The van der Waals surface area contributed by atoms with Gasteiger partial charge in [0.2, 0.25) is 0 Å². The first-order chi connectivity index (χ1) is 21.2. The second kappa shape index (κ2) is 13.7. The third-order valence-corrected chi connectivity index (χ3v) is 8.21.